The number of anilines is 1. The summed E-state index contributed by atoms with van der Waals surface area (Å²) >= 11 is 6.33. The molecular weight excluding hydrogens is 423 g/mol. The second-order valence-corrected chi connectivity index (χ2v) is 10.6. The van der Waals surface area contributed by atoms with Gasteiger partial charge in [-0.15, -0.1) is 0 Å². The molecule has 1 heterocycles. The molecule has 0 bridgehead atoms. The minimum atomic E-state index is -4.43. The van der Waals surface area contributed by atoms with Crippen molar-refractivity contribution in [3.8, 4) is 0 Å². The summed E-state index contributed by atoms with van der Waals surface area (Å²) in [7, 11) is -3.19. The van der Waals surface area contributed by atoms with Crippen molar-refractivity contribution in [2.45, 2.75) is 36.6 Å². The SMILES string of the molecule is CS(=O)(=O)Cc1cccc2c1NCC2C(c1ccc(C(F)(F)F)cc1Cl)C1CC1. The predicted octanol–water partition coefficient (Wildman–Crippen LogP) is 5.61. The maximum atomic E-state index is 13.0. The van der Waals surface area contributed by atoms with Crippen LogP contribution in [0.2, 0.25) is 5.02 Å². The number of sulfone groups is 1. The third kappa shape index (κ3) is 4.26. The van der Waals surface area contributed by atoms with Crippen LogP contribution < -0.4 is 5.32 Å². The van der Waals surface area contributed by atoms with E-state index in [9.17, 15) is 21.6 Å². The van der Waals surface area contributed by atoms with Crippen molar-refractivity contribution in [1.29, 1.82) is 0 Å². The summed E-state index contributed by atoms with van der Waals surface area (Å²) in [4.78, 5) is 0. The molecule has 8 heteroatoms. The van der Waals surface area contributed by atoms with Gasteiger partial charge in [-0.3, -0.25) is 0 Å². The summed E-state index contributed by atoms with van der Waals surface area (Å²) in [6, 6.07) is 9.23. The van der Waals surface area contributed by atoms with Crippen LogP contribution in [-0.2, 0) is 21.8 Å². The smallest absolute Gasteiger partial charge is 0.384 e. The Hall–Kier alpha value is -1.73. The topological polar surface area (TPSA) is 46.2 Å². The zero-order valence-electron chi connectivity index (χ0n) is 15.8. The lowest BCUT2D eigenvalue weighted by atomic mass is 9.79. The Labute approximate surface area is 173 Å². The van der Waals surface area contributed by atoms with Gasteiger partial charge >= 0.3 is 6.18 Å². The third-order valence-electron chi connectivity index (χ3n) is 5.75. The molecule has 2 aliphatic rings. The largest absolute Gasteiger partial charge is 0.416 e. The molecule has 2 aromatic carbocycles. The fraction of sp³-hybridized carbons (Fsp3) is 0.429. The lowest BCUT2D eigenvalue weighted by Gasteiger charge is -2.26. The molecule has 29 heavy (non-hydrogen) atoms. The first-order valence-electron chi connectivity index (χ1n) is 9.44. The zero-order chi connectivity index (χ0) is 21.0. The molecule has 2 atom stereocenters. The van der Waals surface area contributed by atoms with Crippen molar-refractivity contribution >= 4 is 27.1 Å². The molecule has 1 aliphatic carbocycles. The Morgan fingerprint density at radius 1 is 1.21 bits per heavy atom. The first-order valence-corrected chi connectivity index (χ1v) is 11.9. The van der Waals surface area contributed by atoms with Gasteiger partial charge < -0.3 is 5.32 Å². The van der Waals surface area contributed by atoms with E-state index in [1.165, 1.54) is 12.3 Å². The van der Waals surface area contributed by atoms with E-state index in [1.54, 1.807) is 6.07 Å². The molecule has 0 radical (unpaired) electrons. The quantitative estimate of drug-likeness (QED) is 0.653. The van der Waals surface area contributed by atoms with Gasteiger partial charge in [-0.1, -0.05) is 35.9 Å². The third-order valence-corrected chi connectivity index (χ3v) is 6.91. The molecule has 0 spiro atoms. The Kier molecular flexibility index (Phi) is 5.10. The van der Waals surface area contributed by atoms with Crippen LogP contribution in [0.15, 0.2) is 36.4 Å². The van der Waals surface area contributed by atoms with Gasteiger partial charge in [0.2, 0.25) is 0 Å². The summed E-state index contributed by atoms with van der Waals surface area (Å²) in [5.74, 6) is 0.337. The molecule has 156 valence electrons. The molecule has 0 saturated heterocycles. The van der Waals surface area contributed by atoms with E-state index in [-0.39, 0.29) is 22.6 Å². The highest BCUT2D eigenvalue weighted by Gasteiger charge is 2.42. The highest BCUT2D eigenvalue weighted by Crippen LogP contribution is 2.54. The molecule has 1 N–H and O–H groups in total. The number of rotatable bonds is 5. The van der Waals surface area contributed by atoms with Crippen molar-refractivity contribution in [3.63, 3.8) is 0 Å². The maximum Gasteiger partial charge on any atom is 0.416 e. The van der Waals surface area contributed by atoms with E-state index >= 15 is 0 Å². The van der Waals surface area contributed by atoms with Gasteiger partial charge in [0.1, 0.15) is 0 Å². The monoisotopic (exact) mass is 443 g/mol. The summed E-state index contributed by atoms with van der Waals surface area (Å²) in [5.41, 5.74) is 2.55. The van der Waals surface area contributed by atoms with Crippen LogP contribution in [0, 0.1) is 5.92 Å². The van der Waals surface area contributed by atoms with Gasteiger partial charge in [-0.2, -0.15) is 13.2 Å². The van der Waals surface area contributed by atoms with Gasteiger partial charge in [-0.25, -0.2) is 8.42 Å². The van der Waals surface area contributed by atoms with Crippen molar-refractivity contribution in [2.24, 2.45) is 5.92 Å². The minimum Gasteiger partial charge on any atom is -0.384 e. The minimum absolute atomic E-state index is 0.00739. The van der Waals surface area contributed by atoms with Gasteiger partial charge in [0.25, 0.3) is 0 Å². The van der Waals surface area contributed by atoms with Crippen LogP contribution in [0.1, 0.15) is 46.9 Å². The van der Waals surface area contributed by atoms with Crippen LogP contribution >= 0.6 is 11.6 Å². The summed E-state index contributed by atoms with van der Waals surface area (Å²) < 4.78 is 62.6. The van der Waals surface area contributed by atoms with Crippen LogP contribution in [0.25, 0.3) is 0 Å². The lowest BCUT2D eigenvalue weighted by molar-refractivity contribution is -0.137. The zero-order valence-corrected chi connectivity index (χ0v) is 17.3. The van der Waals surface area contributed by atoms with Gasteiger partial charge in [0, 0.05) is 29.4 Å². The van der Waals surface area contributed by atoms with E-state index in [0.717, 1.165) is 47.4 Å². The lowest BCUT2D eigenvalue weighted by Crippen LogP contribution is -2.16. The van der Waals surface area contributed by atoms with Gasteiger partial charge in [-0.05, 0) is 53.5 Å². The van der Waals surface area contributed by atoms with E-state index < -0.39 is 21.6 Å². The second kappa shape index (κ2) is 7.20. The number of para-hydroxylation sites is 1. The Morgan fingerprint density at radius 2 is 1.93 bits per heavy atom. The number of hydrogen-bond acceptors (Lipinski definition) is 3. The second-order valence-electron chi connectivity index (χ2n) is 8.04. The van der Waals surface area contributed by atoms with Crippen molar-refractivity contribution < 1.29 is 21.6 Å². The normalized spacial score (nSPS) is 20.2. The highest BCUT2D eigenvalue weighted by atomic mass is 35.5. The molecule has 3 nitrogen and oxygen atoms in total. The number of halogens is 4. The van der Waals surface area contributed by atoms with Crippen LogP contribution in [0.5, 0.6) is 0 Å². The fourth-order valence-electron chi connectivity index (χ4n) is 4.42. The van der Waals surface area contributed by atoms with E-state index in [2.05, 4.69) is 5.32 Å². The molecule has 1 fully saturated rings. The molecule has 1 saturated carbocycles. The van der Waals surface area contributed by atoms with Crippen molar-refractivity contribution in [2.75, 3.05) is 18.1 Å². The van der Waals surface area contributed by atoms with Gasteiger partial charge in [0.15, 0.2) is 9.84 Å². The Bertz CT molecular complexity index is 1050. The first-order chi connectivity index (χ1) is 13.5. The molecule has 1 aliphatic heterocycles. The van der Waals surface area contributed by atoms with Crippen molar-refractivity contribution in [3.05, 3.63) is 63.7 Å². The molecule has 2 unspecified atom stereocenters. The number of fused-ring (bicyclic) bond motifs is 1. The summed E-state index contributed by atoms with van der Waals surface area (Å²) in [5, 5.41) is 3.48. The average Bonchev–Trinajstić information content (AvgIpc) is 3.34. The maximum absolute atomic E-state index is 13.0. The van der Waals surface area contributed by atoms with Crippen LogP contribution in [0.4, 0.5) is 18.9 Å². The fourth-order valence-corrected chi connectivity index (χ4v) is 5.53. The summed E-state index contributed by atoms with van der Waals surface area (Å²) in [6.45, 7) is 0.606. The van der Waals surface area contributed by atoms with Crippen molar-refractivity contribution in [1.82, 2.24) is 0 Å². The standard InChI is InChI=1S/C21H21ClF3NO2S/c1-29(27,28)11-13-3-2-4-15-17(10-26-20(13)15)19(12-5-6-12)16-8-7-14(9-18(16)22)21(23,24)25/h2-4,7-9,12,17,19,26H,5-6,10-11H2,1H3. The number of alkyl halides is 3. The van der Waals surface area contributed by atoms with E-state index in [1.807, 2.05) is 12.1 Å². The average molecular weight is 444 g/mol. The van der Waals surface area contributed by atoms with Crippen LogP contribution in [0.3, 0.4) is 0 Å². The predicted molar refractivity (Wildman–Crippen MR) is 108 cm³/mol. The Morgan fingerprint density at radius 3 is 2.52 bits per heavy atom. The van der Waals surface area contributed by atoms with Gasteiger partial charge in [0.05, 0.1) is 11.3 Å². The highest BCUT2D eigenvalue weighted by molar-refractivity contribution is 7.89. The van der Waals surface area contributed by atoms with E-state index in [4.69, 9.17) is 11.6 Å². The molecule has 0 aromatic heterocycles. The molecule has 4 rings (SSSR count). The van der Waals surface area contributed by atoms with E-state index in [0.29, 0.717) is 12.5 Å². The molecular formula is C21H21ClF3NO2S. The van der Waals surface area contributed by atoms with Crippen LogP contribution in [-0.4, -0.2) is 21.2 Å². The number of nitrogens with one attached hydrogen (secondary N) is 1. The Balaban J connectivity index is 1.72. The number of benzene rings is 2. The first kappa shape index (κ1) is 20.5. The number of hydrogen-bond donors (Lipinski definition) is 1. The molecule has 2 aromatic rings. The molecule has 0 amide bonds. The summed E-state index contributed by atoms with van der Waals surface area (Å²) in [6.07, 6.45) is -1.21.